The zero-order valence-corrected chi connectivity index (χ0v) is 25.8. The maximum atomic E-state index is 14.5. The molecule has 5 aliphatic carbocycles. The number of hydrogen-bond acceptors (Lipinski definition) is 5. The summed E-state index contributed by atoms with van der Waals surface area (Å²) in [6, 6.07) is 0. The molecule has 4 saturated carbocycles. The van der Waals surface area contributed by atoms with Crippen molar-refractivity contribution in [2.24, 2.45) is 44.8 Å². The second kappa shape index (κ2) is 8.82. The Bertz CT molecular complexity index is 1110. The monoisotopic (exact) mass is 541 g/mol. The minimum absolute atomic E-state index is 0.0393. The molecule has 6 nitrogen and oxygen atoms in total. The Labute approximate surface area is 235 Å². The summed E-state index contributed by atoms with van der Waals surface area (Å²) in [6.45, 7) is 17.8. The molecule has 9 atom stereocenters. The average Bonchev–Trinajstić information content (AvgIpc) is 2.83. The third-order valence-electron chi connectivity index (χ3n) is 13.4. The molecule has 0 bridgehead atoms. The highest BCUT2D eigenvalue weighted by molar-refractivity contribution is 5.95. The first-order chi connectivity index (χ1) is 18.0. The molecule has 0 aromatic rings. The molecule has 0 spiro atoms. The Balaban J connectivity index is 1.54. The third kappa shape index (κ3) is 3.96. The number of alkyl carbamates (subject to hydrolysis) is 1. The van der Waals surface area contributed by atoms with Crippen LogP contribution >= 0.6 is 0 Å². The summed E-state index contributed by atoms with van der Waals surface area (Å²) in [5.74, 6) is 0.631. The van der Waals surface area contributed by atoms with Gasteiger partial charge in [-0.3, -0.25) is 9.59 Å². The van der Waals surface area contributed by atoms with E-state index in [-0.39, 0.29) is 62.6 Å². The predicted molar refractivity (Wildman–Crippen MR) is 151 cm³/mol. The predicted octanol–water partition coefficient (Wildman–Crippen LogP) is 7.01. The van der Waals surface area contributed by atoms with Crippen molar-refractivity contribution >= 4 is 17.8 Å². The number of carbonyl (C=O) groups is 3. The lowest BCUT2D eigenvalue weighted by Crippen LogP contribution is -2.67. The number of fused-ring (bicyclic) bond motifs is 7. The van der Waals surface area contributed by atoms with Crippen molar-refractivity contribution in [1.82, 2.24) is 5.32 Å². The number of rotatable bonds is 2. The van der Waals surface area contributed by atoms with Crippen molar-refractivity contribution < 1.29 is 23.9 Å². The van der Waals surface area contributed by atoms with Gasteiger partial charge in [0, 0.05) is 23.8 Å². The molecular formula is C33H51NO5. The number of ether oxygens (including phenoxy) is 2. The van der Waals surface area contributed by atoms with Crippen LogP contribution in [0.15, 0.2) is 11.6 Å². The fourth-order valence-corrected chi connectivity index (χ4v) is 11.0. The molecule has 0 saturated heterocycles. The number of ketones is 1. The van der Waals surface area contributed by atoms with Crippen LogP contribution in [0.1, 0.15) is 113 Å². The Morgan fingerprint density at radius 1 is 0.923 bits per heavy atom. The number of amides is 1. The van der Waals surface area contributed by atoms with Gasteiger partial charge in [-0.05, 0) is 104 Å². The van der Waals surface area contributed by atoms with E-state index in [0.717, 1.165) is 57.8 Å². The maximum absolute atomic E-state index is 14.5. The van der Waals surface area contributed by atoms with Crippen molar-refractivity contribution in [3.05, 3.63) is 11.6 Å². The van der Waals surface area contributed by atoms with Crippen molar-refractivity contribution in [2.45, 2.75) is 125 Å². The standard InChI is InChI=1S/C33H51NO5/c1-20(35)39-25-11-12-31(6)24(28(25,2)3)10-13-33(8)26(31)23(36)18-21-22-19-30(5,34-27(37)38-9)16-14-29(22,4)15-17-32(21,33)7/h18,22,24-26H,10-17,19H2,1-9H3,(H,34,37)/t22-,24-,25-,26+,29+,30-,31-,32+,33+/m0/s1. The number of methoxy groups -OCH3 is 1. The van der Waals surface area contributed by atoms with E-state index in [1.807, 2.05) is 0 Å². The summed E-state index contributed by atoms with van der Waals surface area (Å²) in [5, 5.41) is 3.14. The highest BCUT2D eigenvalue weighted by atomic mass is 16.5. The van der Waals surface area contributed by atoms with Gasteiger partial charge in [0.05, 0.1) is 7.11 Å². The lowest BCUT2D eigenvalue weighted by molar-refractivity contribution is -0.210. The van der Waals surface area contributed by atoms with E-state index in [4.69, 9.17) is 9.47 Å². The Kier molecular flexibility index (Phi) is 6.49. The van der Waals surface area contributed by atoms with Crippen molar-refractivity contribution in [3.63, 3.8) is 0 Å². The molecule has 0 aromatic heterocycles. The van der Waals surface area contributed by atoms with Gasteiger partial charge in [-0.15, -0.1) is 0 Å². The van der Waals surface area contributed by atoms with Gasteiger partial charge in [0.1, 0.15) is 6.10 Å². The van der Waals surface area contributed by atoms with Crippen LogP contribution < -0.4 is 5.32 Å². The van der Waals surface area contributed by atoms with E-state index in [1.54, 1.807) is 0 Å². The molecule has 5 rings (SSSR count). The normalized spacial score (nSPS) is 48.3. The van der Waals surface area contributed by atoms with Crippen molar-refractivity contribution in [2.75, 3.05) is 7.11 Å². The van der Waals surface area contributed by atoms with Gasteiger partial charge >= 0.3 is 12.1 Å². The first-order valence-electron chi connectivity index (χ1n) is 15.3. The van der Waals surface area contributed by atoms with Gasteiger partial charge in [0.25, 0.3) is 0 Å². The van der Waals surface area contributed by atoms with Gasteiger partial charge < -0.3 is 14.8 Å². The second-order valence-electron chi connectivity index (χ2n) is 15.8. The summed E-state index contributed by atoms with van der Waals surface area (Å²) in [7, 11) is 1.42. The van der Waals surface area contributed by atoms with Gasteiger partial charge in [-0.1, -0.05) is 47.1 Å². The second-order valence-corrected chi connectivity index (χ2v) is 15.8. The van der Waals surface area contributed by atoms with Crippen molar-refractivity contribution in [1.29, 1.82) is 0 Å². The first-order valence-corrected chi connectivity index (χ1v) is 15.3. The quantitative estimate of drug-likeness (QED) is 0.380. The van der Waals surface area contributed by atoms with Crippen LogP contribution in [-0.4, -0.2) is 36.6 Å². The third-order valence-corrected chi connectivity index (χ3v) is 13.4. The Morgan fingerprint density at radius 3 is 2.23 bits per heavy atom. The summed E-state index contributed by atoms with van der Waals surface area (Å²) in [5.41, 5.74) is 0.619. The topological polar surface area (TPSA) is 81.7 Å². The molecule has 0 aliphatic heterocycles. The number of allylic oxidation sites excluding steroid dienone is 2. The van der Waals surface area contributed by atoms with E-state index in [1.165, 1.54) is 19.6 Å². The number of nitrogens with one attached hydrogen (secondary N) is 1. The maximum Gasteiger partial charge on any atom is 0.407 e. The molecule has 4 fully saturated rings. The first kappa shape index (κ1) is 28.7. The van der Waals surface area contributed by atoms with E-state index in [0.29, 0.717) is 11.7 Å². The van der Waals surface area contributed by atoms with Crippen LogP contribution in [0.25, 0.3) is 0 Å². The molecular weight excluding hydrogens is 490 g/mol. The molecule has 0 radical (unpaired) electrons. The molecule has 6 heteroatoms. The fraction of sp³-hybridized carbons (Fsp3) is 0.848. The molecule has 218 valence electrons. The smallest absolute Gasteiger partial charge is 0.407 e. The molecule has 0 aromatic carbocycles. The van der Waals surface area contributed by atoms with Gasteiger partial charge in [0.2, 0.25) is 0 Å². The van der Waals surface area contributed by atoms with Crippen LogP contribution in [0.3, 0.4) is 0 Å². The van der Waals surface area contributed by atoms with Crippen LogP contribution in [0, 0.1) is 44.8 Å². The van der Waals surface area contributed by atoms with Gasteiger partial charge in [-0.2, -0.15) is 0 Å². The molecule has 0 heterocycles. The van der Waals surface area contributed by atoms with Crippen LogP contribution in [0.5, 0.6) is 0 Å². The number of esters is 1. The summed E-state index contributed by atoms with van der Waals surface area (Å²) in [6.07, 6.45) is 10.4. The zero-order chi connectivity index (χ0) is 28.8. The highest BCUT2D eigenvalue weighted by Crippen LogP contribution is 2.74. The summed E-state index contributed by atoms with van der Waals surface area (Å²) >= 11 is 0. The molecule has 39 heavy (non-hydrogen) atoms. The van der Waals surface area contributed by atoms with Gasteiger partial charge in [0.15, 0.2) is 5.78 Å². The van der Waals surface area contributed by atoms with Crippen LogP contribution in [0.2, 0.25) is 0 Å². The molecule has 1 amide bonds. The van der Waals surface area contributed by atoms with E-state index in [9.17, 15) is 14.4 Å². The molecule has 0 unspecified atom stereocenters. The summed E-state index contributed by atoms with van der Waals surface area (Å²) in [4.78, 5) is 38.6. The lowest BCUT2D eigenvalue weighted by atomic mass is 9.33. The fourth-order valence-electron chi connectivity index (χ4n) is 11.0. The largest absolute Gasteiger partial charge is 0.462 e. The Hall–Kier alpha value is -1.85. The van der Waals surface area contributed by atoms with E-state index in [2.05, 4.69) is 59.9 Å². The number of carbonyl (C=O) groups excluding carboxylic acids is 3. The van der Waals surface area contributed by atoms with E-state index < -0.39 is 0 Å². The van der Waals surface area contributed by atoms with Crippen LogP contribution in [0.4, 0.5) is 4.79 Å². The van der Waals surface area contributed by atoms with Crippen LogP contribution in [-0.2, 0) is 19.1 Å². The highest BCUT2D eigenvalue weighted by Gasteiger charge is 2.70. The zero-order valence-electron chi connectivity index (χ0n) is 25.8. The Morgan fingerprint density at radius 2 is 1.59 bits per heavy atom. The lowest BCUT2D eigenvalue weighted by Gasteiger charge is -2.70. The molecule has 1 N–H and O–H groups in total. The van der Waals surface area contributed by atoms with Gasteiger partial charge in [-0.25, -0.2) is 4.79 Å². The van der Waals surface area contributed by atoms with Crippen molar-refractivity contribution in [3.8, 4) is 0 Å². The average molecular weight is 542 g/mol. The molecule has 5 aliphatic rings. The SMILES string of the molecule is COC(=O)N[C@@]1(C)CC[C@]2(C)CC[C@]3(C)C(=CC(=O)[C@@H]4[C@@]5(C)CC[C@H](OC(C)=O)C(C)(C)[C@@H]5CC[C@]43C)[C@@H]2C1. The minimum Gasteiger partial charge on any atom is -0.462 e. The minimum atomic E-state index is -0.376. The summed E-state index contributed by atoms with van der Waals surface area (Å²) < 4.78 is 10.8. The van der Waals surface area contributed by atoms with E-state index >= 15 is 0 Å². The number of hydrogen-bond donors (Lipinski definition) is 1.